The molecule has 2 atom stereocenters. The second-order valence-electron chi connectivity index (χ2n) is 11.4. The minimum Gasteiger partial charge on any atom is -0.380 e. The molecule has 0 radical (unpaired) electrons. The molecule has 250 valence electrons. The molecule has 0 amide bonds. The highest BCUT2D eigenvalue weighted by atomic mass is 19.4. The summed E-state index contributed by atoms with van der Waals surface area (Å²) in [7, 11) is 0. The zero-order chi connectivity index (χ0) is 35.7. The number of carbonyl (C=O) groups is 2. The third-order valence-corrected chi connectivity index (χ3v) is 7.62. The van der Waals surface area contributed by atoms with Gasteiger partial charge >= 0.3 is 12.4 Å². The van der Waals surface area contributed by atoms with E-state index >= 15 is 0 Å². The van der Waals surface area contributed by atoms with Crippen LogP contribution < -0.4 is 0 Å². The minimum absolute atomic E-state index is 0.113. The first-order valence-corrected chi connectivity index (χ1v) is 14.0. The van der Waals surface area contributed by atoms with Crippen LogP contribution in [0.5, 0.6) is 0 Å². The van der Waals surface area contributed by atoms with Crippen LogP contribution in [0.2, 0.25) is 0 Å². The van der Waals surface area contributed by atoms with Crippen molar-refractivity contribution in [3.8, 4) is 0 Å². The van der Waals surface area contributed by atoms with Crippen molar-refractivity contribution in [2.75, 3.05) is 6.61 Å². The zero-order valence-corrected chi connectivity index (χ0v) is 25.2. The second-order valence-corrected chi connectivity index (χ2v) is 11.4. The van der Waals surface area contributed by atoms with E-state index in [1.165, 1.54) is 30.0 Å². The van der Waals surface area contributed by atoms with Crippen molar-refractivity contribution in [1.82, 2.24) is 9.55 Å². The second kappa shape index (κ2) is 13.2. The number of benzene rings is 3. The maximum absolute atomic E-state index is 13.8. The molecular weight excluding hydrogens is 649 g/mol. The molecule has 4 aromatic rings. The number of aromatic nitrogens is 2. The molecule has 0 fully saturated rings. The summed E-state index contributed by atoms with van der Waals surface area (Å²) < 4.78 is 102. The molecule has 0 aliphatic heterocycles. The number of alkyl halides is 6. The number of nitrogens with zero attached hydrogens (tertiary/aromatic N) is 4. The molecule has 1 N–H and O–H groups in total. The van der Waals surface area contributed by atoms with E-state index in [2.05, 4.69) is 14.7 Å². The van der Waals surface area contributed by atoms with Crippen molar-refractivity contribution in [2.45, 2.75) is 56.8 Å². The molecule has 0 saturated carbocycles. The summed E-state index contributed by atoms with van der Waals surface area (Å²) >= 11 is 0. The Morgan fingerprint density at radius 3 is 1.85 bits per heavy atom. The SMILES string of the molecule is [C-]#[N+]c1ccc(CC(=O)[C@@](C)(O)CO[C@@](C)(Cn2cnc3cc(F)ccc32)C(=O)Cc2ccc([N+]#[C-])c(C(F)(F)F)c2)cc1C(F)(F)F. The fourth-order valence-electron chi connectivity index (χ4n) is 4.87. The fourth-order valence-corrected chi connectivity index (χ4v) is 4.87. The number of carbonyl (C=O) groups excluding carboxylic acids is 2. The first kappa shape index (κ1) is 35.7. The van der Waals surface area contributed by atoms with Crippen LogP contribution in [0.15, 0.2) is 60.9 Å². The van der Waals surface area contributed by atoms with Gasteiger partial charge in [0, 0.05) is 18.9 Å². The van der Waals surface area contributed by atoms with Crippen LogP contribution >= 0.6 is 0 Å². The standard InChI is InChI=1S/C33H25F7N4O4/c1-30(47,28(45)13-19-5-8-24(41-3)22(11-19)32(35,36)37)17-48-31(2,16-44-18-43-26-15-21(34)7-10-27(26)44)29(46)14-20-6-9-25(42-4)23(12-20)33(38,39)40/h5-12,15,18,47H,13-14,16-17H2,1-2H3/t30-,31-/m0/s1. The van der Waals surface area contributed by atoms with Gasteiger partial charge in [0.05, 0.1) is 54.8 Å². The van der Waals surface area contributed by atoms with Crippen LogP contribution in [-0.2, 0) is 46.1 Å². The summed E-state index contributed by atoms with van der Waals surface area (Å²) in [6.07, 6.45) is -9.84. The number of rotatable bonds is 11. The van der Waals surface area contributed by atoms with Gasteiger partial charge in [-0.3, -0.25) is 9.59 Å². The molecule has 4 rings (SSSR count). The van der Waals surface area contributed by atoms with Gasteiger partial charge in [0.2, 0.25) is 0 Å². The van der Waals surface area contributed by atoms with E-state index in [9.17, 15) is 45.4 Å². The zero-order valence-electron chi connectivity index (χ0n) is 25.2. The van der Waals surface area contributed by atoms with Gasteiger partial charge in [-0.15, -0.1) is 0 Å². The first-order valence-electron chi connectivity index (χ1n) is 14.0. The summed E-state index contributed by atoms with van der Waals surface area (Å²) in [6, 6.07) is 9.04. The number of hydrogen-bond donors (Lipinski definition) is 1. The van der Waals surface area contributed by atoms with Crippen LogP contribution in [0.3, 0.4) is 0 Å². The van der Waals surface area contributed by atoms with Crippen LogP contribution in [-0.4, -0.2) is 44.0 Å². The van der Waals surface area contributed by atoms with E-state index in [4.69, 9.17) is 17.9 Å². The fraction of sp³-hybridized carbons (Fsp3) is 0.303. The maximum atomic E-state index is 13.8. The lowest BCUT2D eigenvalue weighted by Crippen LogP contribution is -2.49. The molecule has 48 heavy (non-hydrogen) atoms. The lowest BCUT2D eigenvalue weighted by atomic mass is 9.91. The molecule has 8 nitrogen and oxygen atoms in total. The molecule has 1 heterocycles. The molecule has 0 spiro atoms. The summed E-state index contributed by atoms with van der Waals surface area (Å²) in [5, 5.41) is 11.1. The quantitative estimate of drug-likeness (QED) is 0.132. The van der Waals surface area contributed by atoms with Gasteiger partial charge in [-0.05, 0) is 37.1 Å². The monoisotopic (exact) mass is 674 g/mol. The highest BCUT2D eigenvalue weighted by molar-refractivity contribution is 5.90. The van der Waals surface area contributed by atoms with Gasteiger partial charge in [0.1, 0.15) is 17.0 Å². The van der Waals surface area contributed by atoms with E-state index in [-0.39, 0.29) is 23.2 Å². The molecule has 0 saturated heterocycles. The minimum atomic E-state index is -4.89. The van der Waals surface area contributed by atoms with Crippen molar-refractivity contribution in [2.24, 2.45) is 0 Å². The van der Waals surface area contributed by atoms with Gasteiger partial charge in [0.15, 0.2) is 22.9 Å². The highest BCUT2D eigenvalue weighted by Gasteiger charge is 2.41. The normalized spacial score (nSPS) is 14.5. The lowest BCUT2D eigenvalue weighted by molar-refractivity contribution is -0.162. The number of fused-ring (bicyclic) bond motifs is 1. The molecule has 3 aromatic carbocycles. The summed E-state index contributed by atoms with van der Waals surface area (Å²) in [5.41, 5.74) is -7.91. The molecule has 0 unspecified atom stereocenters. The van der Waals surface area contributed by atoms with Gasteiger partial charge in [-0.2, -0.15) is 26.3 Å². The maximum Gasteiger partial charge on any atom is 0.407 e. The molecule has 15 heteroatoms. The van der Waals surface area contributed by atoms with Crippen LogP contribution in [0.25, 0.3) is 20.7 Å². The van der Waals surface area contributed by atoms with E-state index in [1.54, 1.807) is 0 Å². The average molecular weight is 675 g/mol. The first-order chi connectivity index (χ1) is 22.3. The molecule has 0 aliphatic carbocycles. The Balaban J connectivity index is 1.63. The van der Waals surface area contributed by atoms with E-state index in [1.807, 2.05) is 0 Å². The summed E-state index contributed by atoms with van der Waals surface area (Å²) in [4.78, 5) is 36.7. The van der Waals surface area contributed by atoms with E-state index in [0.29, 0.717) is 17.6 Å². The van der Waals surface area contributed by atoms with Crippen molar-refractivity contribution in [1.29, 1.82) is 0 Å². The van der Waals surface area contributed by atoms with Crippen LogP contribution in [0, 0.1) is 19.0 Å². The number of ketones is 2. The molecule has 0 aliphatic rings. The Hall–Kier alpha value is -5.12. The Labute approximate surface area is 269 Å². The smallest absolute Gasteiger partial charge is 0.380 e. The predicted octanol–water partition coefficient (Wildman–Crippen LogP) is 7.46. The van der Waals surface area contributed by atoms with Crippen molar-refractivity contribution >= 4 is 34.0 Å². The van der Waals surface area contributed by atoms with Crippen molar-refractivity contribution in [3.63, 3.8) is 0 Å². The Morgan fingerprint density at radius 2 is 1.35 bits per heavy atom. The molecule has 0 bridgehead atoms. The number of hydrogen-bond acceptors (Lipinski definition) is 5. The van der Waals surface area contributed by atoms with Gasteiger partial charge in [0.25, 0.3) is 0 Å². The van der Waals surface area contributed by atoms with Crippen LogP contribution in [0.4, 0.5) is 42.1 Å². The number of halogens is 7. The number of imidazole rings is 1. The Morgan fingerprint density at radius 1 is 0.833 bits per heavy atom. The Bertz CT molecular complexity index is 1970. The van der Waals surface area contributed by atoms with E-state index in [0.717, 1.165) is 37.3 Å². The largest absolute Gasteiger partial charge is 0.407 e. The summed E-state index contributed by atoms with van der Waals surface area (Å²) in [6.45, 7) is 15.1. The lowest BCUT2D eigenvalue weighted by Gasteiger charge is -2.33. The predicted molar refractivity (Wildman–Crippen MR) is 158 cm³/mol. The van der Waals surface area contributed by atoms with E-state index < -0.39 is 82.9 Å². The number of ether oxygens (including phenoxy) is 1. The van der Waals surface area contributed by atoms with Crippen LogP contribution in [0.1, 0.15) is 36.1 Å². The molecule has 1 aromatic heterocycles. The third kappa shape index (κ3) is 7.87. The Kier molecular flexibility index (Phi) is 9.81. The van der Waals surface area contributed by atoms with Gasteiger partial charge in [-0.1, -0.05) is 36.4 Å². The topological polar surface area (TPSA) is 90.1 Å². The van der Waals surface area contributed by atoms with Gasteiger partial charge in [-0.25, -0.2) is 19.1 Å². The van der Waals surface area contributed by atoms with Crippen molar-refractivity contribution in [3.05, 3.63) is 112 Å². The molecular formula is C33H25F7N4O4. The van der Waals surface area contributed by atoms with Crippen molar-refractivity contribution < 1.29 is 50.2 Å². The highest BCUT2D eigenvalue weighted by Crippen LogP contribution is 2.38. The number of Topliss-reactive ketones (excluding diaryl/α,β-unsaturated/α-hetero) is 2. The number of aliphatic hydroxyl groups is 1. The third-order valence-electron chi connectivity index (χ3n) is 7.62. The van der Waals surface area contributed by atoms with Gasteiger partial charge < -0.3 is 14.4 Å². The average Bonchev–Trinajstić information content (AvgIpc) is 3.40. The summed E-state index contributed by atoms with van der Waals surface area (Å²) in [5.74, 6) is -2.39.